The lowest BCUT2D eigenvalue weighted by atomic mass is 10.1. The zero-order valence-electron chi connectivity index (χ0n) is 11.7. The summed E-state index contributed by atoms with van der Waals surface area (Å²) < 4.78 is 0. The molecule has 0 saturated carbocycles. The van der Waals surface area contributed by atoms with Crippen LogP contribution in [-0.2, 0) is 14.4 Å². The van der Waals surface area contributed by atoms with E-state index in [-0.39, 0.29) is 46.3 Å². The number of hydrogen-bond acceptors (Lipinski definition) is 4. The normalized spacial score (nSPS) is 18.4. The number of nitrogens with one attached hydrogen (secondary N) is 2. The van der Waals surface area contributed by atoms with E-state index in [0.717, 1.165) is 0 Å². The molecular formula is C13H13Cl3N4O3. The number of carbonyl (C=O) groups is 3. The second-order valence-electron chi connectivity index (χ2n) is 4.92. The molecule has 2 rings (SSSR count). The zero-order valence-corrected chi connectivity index (χ0v) is 14.0. The number of amides is 3. The summed E-state index contributed by atoms with van der Waals surface area (Å²) in [6.07, 6.45) is 0. The van der Waals surface area contributed by atoms with Crippen LogP contribution in [0.4, 0.5) is 5.69 Å². The van der Waals surface area contributed by atoms with Crippen molar-refractivity contribution in [3.05, 3.63) is 27.2 Å². The Hall–Kier alpha value is -1.54. The first kappa shape index (κ1) is 17.8. The van der Waals surface area contributed by atoms with Gasteiger partial charge in [-0.15, -0.1) is 0 Å². The van der Waals surface area contributed by atoms with Crippen molar-refractivity contribution in [2.45, 2.75) is 6.04 Å². The zero-order chi connectivity index (χ0) is 17.1. The van der Waals surface area contributed by atoms with Gasteiger partial charge in [0, 0.05) is 6.54 Å². The Kier molecular flexibility index (Phi) is 5.69. The van der Waals surface area contributed by atoms with Gasteiger partial charge in [-0.1, -0.05) is 34.8 Å². The number of nitrogens with two attached hydrogens (primary N) is 1. The van der Waals surface area contributed by atoms with E-state index in [2.05, 4.69) is 10.6 Å². The third-order valence-corrected chi connectivity index (χ3v) is 4.27. The van der Waals surface area contributed by atoms with Crippen LogP contribution in [0.1, 0.15) is 0 Å². The monoisotopic (exact) mass is 378 g/mol. The molecule has 1 heterocycles. The minimum absolute atomic E-state index is 0.0645. The van der Waals surface area contributed by atoms with E-state index >= 15 is 0 Å². The van der Waals surface area contributed by atoms with Crippen LogP contribution in [0.25, 0.3) is 0 Å². The first-order valence-electron chi connectivity index (χ1n) is 6.52. The molecule has 1 aromatic carbocycles. The van der Waals surface area contributed by atoms with Gasteiger partial charge in [0.15, 0.2) is 0 Å². The molecule has 0 spiro atoms. The largest absolute Gasteiger partial charge is 0.368 e. The number of halogens is 3. The fraction of sp³-hybridized carbons (Fsp3) is 0.308. The molecule has 1 aliphatic rings. The highest BCUT2D eigenvalue weighted by Crippen LogP contribution is 2.32. The maximum absolute atomic E-state index is 12.1. The topological polar surface area (TPSA) is 105 Å². The molecule has 4 N–H and O–H groups in total. The summed E-state index contributed by atoms with van der Waals surface area (Å²) in [6.45, 7) is -0.233. The predicted molar refractivity (Wildman–Crippen MR) is 87.7 cm³/mol. The minimum atomic E-state index is -0.747. The summed E-state index contributed by atoms with van der Waals surface area (Å²) in [6, 6.07) is 2.07. The van der Waals surface area contributed by atoms with Crippen molar-refractivity contribution in [3.63, 3.8) is 0 Å². The third kappa shape index (κ3) is 4.48. The standard InChI is InChI=1S/C13H13Cl3N4O3/c14-6-1-8(16)9(2-7(6)15)19-12(22)5-20-4-11(21)18-3-10(20)13(17)23/h1-2,10H,3-5H2,(H2,17,23)(H,18,21)(H,19,22). The van der Waals surface area contributed by atoms with Crippen LogP contribution in [0, 0.1) is 0 Å². The first-order chi connectivity index (χ1) is 10.8. The molecule has 1 fully saturated rings. The lowest BCUT2D eigenvalue weighted by Crippen LogP contribution is -2.60. The summed E-state index contributed by atoms with van der Waals surface area (Å²) in [5.41, 5.74) is 5.56. The van der Waals surface area contributed by atoms with Gasteiger partial charge in [0.05, 0.1) is 33.8 Å². The van der Waals surface area contributed by atoms with Gasteiger partial charge >= 0.3 is 0 Å². The van der Waals surface area contributed by atoms with Gasteiger partial charge < -0.3 is 16.4 Å². The Bertz CT molecular complexity index is 668. The molecule has 0 aliphatic carbocycles. The Morgan fingerprint density at radius 1 is 1.26 bits per heavy atom. The van der Waals surface area contributed by atoms with Crippen LogP contribution in [0.2, 0.25) is 15.1 Å². The van der Waals surface area contributed by atoms with Gasteiger partial charge in [0.25, 0.3) is 0 Å². The number of piperazine rings is 1. The van der Waals surface area contributed by atoms with Gasteiger partial charge in [-0.05, 0) is 12.1 Å². The molecule has 0 bridgehead atoms. The van der Waals surface area contributed by atoms with Crippen molar-refractivity contribution >= 4 is 58.2 Å². The van der Waals surface area contributed by atoms with E-state index in [1.165, 1.54) is 17.0 Å². The van der Waals surface area contributed by atoms with Crippen LogP contribution < -0.4 is 16.4 Å². The molecule has 1 saturated heterocycles. The fourth-order valence-electron chi connectivity index (χ4n) is 2.13. The number of primary amides is 1. The SMILES string of the molecule is NC(=O)C1CNC(=O)CN1CC(=O)Nc1cc(Cl)c(Cl)cc1Cl. The van der Waals surface area contributed by atoms with E-state index in [0.29, 0.717) is 0 Å². The molecule has 1 aliphatic heterocycles. The Labute approximate surface area is 147 Å². The molecule has 7 nitrogen and oxygen atoms in total. The Morgan fingerprint density at radius 2 is 1.91 bits per heavy atom. The Morgan fingerprint density at radius 3 is 2.57 bits per heavy atom. The molecule has 3 amide bonds. The van der Waals surface area contributed by atoms with E-state index in [1.54, 1.807) is 0 Å². The smallest absolute Gasteiger partial charge is 0.238 e. The van der Waals surface area contributed by atoms with Crippen molar-refractivity contribution < 1.29 is 14.4 Å². The highest BCUT2D eigenvalue weighted by atomic mass is 35.5. The molecule has 1 aromatic rings. The molecular weight excluding hydrogens is 367 g/mol. The molecule has 124 valence electrons. The van der Waals surface area contributed by atoms with E-state index in [1.807, 2.05) is 0 Å². The van der Waals surface area contributed by atoms with Gasteiger partial charge in [-0.25, -0.2) is 0 Å². The number of nitrogens with zero attached hydrogens (tertiary/aromatic N) is 1. The highest BCUT2D eigenvalue weighted by molar-refractivity contribution is 6.44. The number of benzene rings is 1. The third-order valence-electron chi connectivity index (χ3n) is 3.24. The fourth-order valence-corrected chi connectivity index (χ4v) is 2.72. The average Bonchev–Trinajstić information content (AvgIpc) is 2.44. The minimum Gasteiger partial charge on any atom is -0.368 e. The van der Waals surface area contributed by atoms with Crippen LogP contribution in [0.15, 0.2) is 12.1 Å². The van der Waals surface area contributed by atoms with E-state index < -0.39 is 17.9 Å². The molecule has 1 unspecified atom stereocenters. The summed E-state index contributed by atoms with van der Waals surface area (Å²) in [7, 11) is 0. The average molecular weight is 380 g/mol. The van der Waals surface area contributed by atoms with Gasteiger partial charge in [-0.3, -0.25) is 19.3 Å². The maximum Gasteiger partial charge on any atom is 0.238 e. The number of anilines is 1. The van der Waals surface area contributed by atoms with Gasteiger partial charge in [0.1, 0.15) is 6.04 Å². The van der Waals surface area contributed by atoms with Crippen LogP contribution in [-0.4, -0.2) is 48.3 Å². The van der Waals surface area contributed by atoms with Crippen LogP contribution in [0.5, 0.6) is 0 Å². The number of hydrogen-bond donors (Lipinski definition) is 3. The number of carbonyl (C=O) groups excluding carboxylic acids is 3. The first-order valence-corrected chi connectivity index (χ1v) is 7.65. The predicted octanol–water partition coefficient (Wildman–Crippen LogP) is 0.871. The molecule has 1 atom stereocenters. The van der Waals surface area contributed by atoms with Crippen LogP contribution >= 0.6 is 34.8 Å². The van der Waals surface area contributed by atoms with Crippen molar-refractivity contribution in [1.82, 2.24) is 10.2 Å². The van der Waals surface area contributed by atoms with Crippen molar-refractivity contribution in [2.75, 3.05) is 25.0 Å². The highest BCUT2D eigenvalue weighted by Gasteiger charge is 2.31. The second kappa shape index (κ2) is 7.35. The van der Waals surface area contributed by atoms with Crippen molar-refractivity contribution in [1.29, 1.82) is 0 Å². The lowest BCUT2D eigenvalue weighted by Gasteiger charge is -2.32. The molecule has 23 heavy (non-hydrogen) atoms. The molecule has 10 heteroatoms. The van der Waals surface area contributed by atoms with Gasteiger partial charge in [0.2, 0.25) is 17.7 Å². The van der Waals surface area contributed by atoms with Crippen LogP contribution in [0.3, 0.4) is 0 Å². The lowest BCUT2D eigenvalue weighted by molar-refractivity contribution is -0.132. The van der Waals surface area contributed by atoms with Crippen molar-refractivity contribution in [2.24, 2.45) is 5.73 Å². The van der Waals surface area contributed by atoms with E-state index in [4.69, 9.17) is 40.5 Å². The second-order valence-corrected chi connectivity index (χ2v) is 6.14. The summed E-state index contributed by atoms with van der Waals surface area (Å²) in [5, 5.41) is 5.80. The van der Waals surface area contributed by atoms with E-state index in [9.17, 15) is 14.4 Å². The summed E-state index contributed by atoms with van der Waals surface area (Å²) in [4.78, 5) is 36.3. The quantitative estimate of drug-likeness (QED) is 0.675. The molecule has 0 radical (unpaired) electrons. The van der Waals surface area contributed by atoms with Crippen molar-refractivity contribution in [3.8, 4) is 0 Å². The number of rotatable bonds is 4. The maximum atomic E-state index is 12.1. The Balaban J connectivity index is 2.07. The molecule has 0 aromatic heterocycles. The summed E-state index contributed by atoms with van der Waals surface area (Å²) in [5.74, 6) is -1.38. The van der Waals surface area contributed by atoms with Gasteiger partial charge in [-0.2, -0.15) is 0 Å². The summed E-state index contributed by atoms with van der Waals surface area (Å²) >= 11 is 17.7.